The molecule has 9 nitrogen and oxygen atoms in total. The summed E-state index contributed by atoms with van der Waals surface area (Å²) in [6, 6.07) is 9.50. The molecule has 50 heavy (non-hydrogen) atoms. The molecule has 4 aliphatic heterocycles. The molecular formula is C40H57N3O6Si. The third kappa shape index (κ3) is 4.09. The number of ether oxygens (including phenoxy) is 3. The molecule has 5 fully saturated rings. The Kier molecular flexibility index (Phi) is 7.17. The monoisotopic (exact) mass is 703 g/mol. The summed E-state index contributed by atoms with van der Waals surface area (Å²) in [5, 5.41) is 0.0340. The van der Waals surface area contributed by atoms with Crippen molar-refractivity contribution in [3.63, 3.8) is 0 Å². The van der Waals surface area contributed by atoms with Crippen molar-refractivity contribution in [2.24, 2.45) is 28.6 Å². The van der Waals surface area contributed by atoms with Crippen LogP contribution in [-0.4, -0.2) is 59.6 Å². The highest BCUT2D eigenvalue weighted by Gasteiger charge is 2.81. The van der Waals surface area contributed by atoms with Gasteiger partial charge in [-0.25, -0.2) is 23.5 Å². The maximum Gasteiger partial charge on any atom is 0.352 e. The summed E-state index contributed by atoms with van der Waals surface area (Å²) >= 11 is 0. The highest BCUT2D eigenvalue weighted by molar-refractivity contribution is 6.74. The first-order chi connectivity index (χ1) is 23.6. The van der Waals surface area contributed by atoms with Crippen molar-refractivity contribution in [3.8, 4) is 5.69 Å². The molecule has 10 rings (SSSR count). The second kappa shape index (κ2) is 10.7. The Morgan fingerprint density at radius 1 is 0.940 bits per heavy atom. The lowest BCUT2D eigenvalue weighted by atomic mass is 9.40. The van der Waals surface area contributed by atoms with Crippen LogP contribution in [0.5, 0.6) is 0 Å². The normalized spacial score (nSPS) is 43.4. The van der Waals surface area contributed by atoms with Crippen molar-refractivity contribution >= 4 is 8.32 Å². The molecule has 2 spiro atoms. The lowest BCUT2D eigenvalue weighted by Crippen LogP contribution is -2.78. The van der Waals surface area contributed by atoms with Crippen LogP contribution in [-0.2, 0) is 29.7 Å². The molecule has 4 aliphatic carbocycles. The molecule has 2 saturated heterocycles. The first-order valence-corrected chi connectivity index (χ1v) is 22.4. The summed E-state index contributed by atoms with van der Waals surface area (Å²) in [4.78, 5) is 30.2. The average molecular weight is 704 g/mol. The average Bonchev–Trinajstić information content (AvgIpc) is 3.74. The van der Waals surface area contributed by atoms with E-state index in [1.165, 1.54) is 4.57 Å². The third-order valence-electron chi connectivity index (χ3n) is 15.8. The van der Waals surface area contributed by atoms with Gasteiger partial charge in [0.25, 0.3) is 0 Å². The molecule has 8 aliphatic rings. The van der Waals surface area contributed by atoms with Gasteiger partial charge >= 0.3 is 11.4 Å². The minimum atomic E-state index is -2.17. The van der Waals surface area contributed by atoms with Crippen molar-refractivity contribution in [3.05, 3.63) is 63.5 Å². The molecule has 272 valence electrons. The summed E-state index contributed by atoms with van der Waals surface area (Å²) in [5.41, 5.74) is -1.73. The van der Waals surface area contributed by atoms with E-state index >= 15 is 9.59 Å². The van der Waals surface area contributed by atoms with E-state index in [1.54, 1.807) is 0 Å². The van der Waals surface area contributed by atoms with Crippen LogP contribution in [0.4, 0.5) is 0 Å². The van der Waals surface area contributed by atoms with Crippen LogP contribution >= 0.6 is 0 Å². The van der Waals surface area contributed by atoms with Crippen molar-refractivity contribution in [2.45, 2.75) is 153 Å². The summed E-state index contributed by atoms with van der Waals surface area (Å²) in [6.07, 6.45) is 12.3. The molecule has 1 aromatic carbocycles. The van der Waals surface area contributed by atoms with Crippen LogP contribution in [0.1, 0.15) is 92.9 Å². The van der Waals surface area contributed by atoms with Crippen molar-refractivity contribution < 1.29 is 18.6 Å². The van der Waals surface area contributed by atoms with Crippen LogP contribution in [0.3, 0.4) is 0 Å². The van der Waals surface area contributed by atoms with Crippen LogP contribution in [0.25, 0.3) is 5.69 Å². The van der Waals surface area contributed by atoms with Gasteiger partial charge in [0, 0.05) is 18.4 Å². The minimum absolute atomic E-state index is 0.00480. The van der Waals surface area contributed by atoms with Gasteiger partial charge < -0.3 is 18.6 Å². The molecule has 0 amide bonds. The van der Waals surface area contributed by atoms with E-state index in [0.717, 1.165) is 51.6 Å². The number of aromatic nitrogens is 3. The first kappa shape index (κ1) is 33.6. The molecule has 2 bridgehead atoms. The number of epoxide rings is 1. The lowest BCUT2D eigenvalue weighted by molar-refractivity contribution is -0.218. The fraction of sp³-hybridized carbons (Fsp3) is 0.750. The zero-order valence-electron chi connectivity index (χ0n) is 31.3. The van der Waals surface area contributed by atoms with Gasteiger partial charge in [-0.15, -0.1) is 0 Å². The van der Waals surface area contributed by atoms with Crippen LogP contribution in [0.15, 0.2) is 52.1 Å². The summed E-state index contributed by atoms with van der Waals surface area (Å²) in [6.45, 7) is 19.3. The summed E-state index contributed by atoms with van der Waals surface area (Å²) < 4.78 is 32.0. The van der Waals surface area contributed by atoms with E-state index in [0.29, 0.717) is 18.0 Å². The van der Waals surface area contributed by atoms with Crippen molar-refractivity contribution in [1.82, 2.24) is 13.9 Å². The lowest BCUT2D eigenvalue weighted by Gasteiger charge is -2.70. The molecule has 12 atom stereocenters. The molecule has 2 aromatic rings. The second-order valence-corrected chi connectivity index (χ2v) is 23.7. The van der Waals surface area contributed by atoms with E-state index in [-0.39, 0.29) is 69.8 Å². The molecule has 1 aromatic heterocycles. The van der Waals surface area contributed by atoms with Crippen molar-refractivity contribution in [1.29, 1.82) is 0 Å². The Morgan fingerprint density at radius 3 is 2.38 bits per heavy atom. The minimum Gasteiger partial charge on any atom is -0.411 e. The number of hydrogen-bond donors (Lipinski definition) is 0. The summed E-state index contributed by atoms with van der Waals surface area (Å²) in [7, 11) is -2.17. The number of hydrogen-bond acceptors (Lipinski definition) is 6. The highest BCUT2D eigenvalue weighted by Crippen LogP contribution is 2.76. The molecule has 10 heteroatoms. The van der Waals surface area contributed by atoms with Gasteiger partial charge in [-0.2, -0.15) is 0 Å². The Labute approximate surface area is 297 Å². The van der Waals surface area contributed by atoms with Gasteiger partial charge in [-0.1, -0.05) is 65.0 Å². The summed E-state index contributed by atoms with van der Waals surface area (Å²) in [5.74, 6) is 0.632. The molecule has 0 N–H and O–H groups in total. The van der Waals surface area contributed by atoms with Crippen LogP contribution < -0.4 is 11.4 Å². The number of nitrogens with zero attached hydrogens (tertiary/aromatic N) is 3. The Hall–Kier alpha value is -2.24. The standard InChI is InChI=1S/C40H57N3O6Si/c1-25(47-31-16-12-13-23-46-31)27-17-18-29-37(27,5)20-19-30-38(6)33-32(48-33)28(49-50(7,8)36(2,3)4)24-39(38)21-22-40(29,30)43-35(45)41(34(44)42(39)43)26-14-10-9-11-15-26/h9-11,14-15,21-22,25,27-33H,12-13,16-20,23-24H2,1-8H3/t25-,27+,28+,29+,30+,31?,32-,33-,37+,38-,39+,40-/m0/s1. The molecule has 5 heterocycles. The number of fused-ring (bicyclic) bond motifs is 2. The SMILES string of the molecule is C[C@H](OC1CCCCO1)[C@H]1CC[C@@H]2[C@]1(C)CC[C@H]1[C@]23C=C[C@]2(C[C@@H](O[Si](C)(C)C(C)(C)C)[C@@H]4O[C@@H]4[C@]12C)n1c(=O)n(-c2ccccc2)c(=O)n13. The topological polar surface area (TPSA) is 89.2 Å². The van der Waals surface area contributed by atoms with E-state index in [2.05, 4.69) is 66.8 Å². The molecule has 3 saturated carbocycles. The highest BCUT2D eigenvalue weighted by atomic mass is 28.4. The first-order valence-electron chi connectivity index (χ1n) is 19.5. The quantitative estimate of drug-likeness (QED) is 0.189. The zero-order valence-corrected chi connectivity index (χ0v) is 32.3. The molecule has 1 unspecified atom stereocenters. The van der Waals surface area contributed by atoms with E-state index < -0.39 is 19.4 Å². The van der Waals surface area contributed by atoms with Gasteiger partial charge in [0.1, 0.15) is 6.10 Å². The van der Waals surface area contributed by atoms with Crippen LogP contribution in [0.2, 0.25) is 18.1 Å². The number of rotatable bonds is 6. The maximum absolute atomic E-state index is 15.1. The molecule has 0 radical (unpaired) electrons. The van der Waals surface area contributed by atoms with Gasteiger partial charge in [-0.05, 0) is 105 Å². The van der Waals surface area contributed by atoms with E-state index in [4.69, 9.17) is 18.6 Å². The van der Waals surface area contributed by atoms with E-state index in [1.807, 2.05) is 39.7 Å². The van der Waals surface area contributed by atoms with Crippen molar-refractivity contribution in [2.75, 3.05) is 6.61 Å². The number of allylic oxidation sites excluding steroid dienone is 2. The number of benzene rings is 1. The smallest absolute Gasteiger partial charge is 0.352 e. The van der Waals surface area contributed by atoms with Gasteiger partial charge in [0.15, 0.2) is 14.6 Å². The molecular weight excluding hydrogens is 647 g/mol. The zero-order chi connectivity index (χ0) is 35.2. The fourth-order valence-corrected chi connectivity index (χ4v) is 13.7. The predicted molar refractivity (Wildman–Crippen MR) is 194 cm³/mol. The van der Waals surface area contributed by atoms with E-state index in [9.17, 15) is 0 Å². The fourth-order valence-electron chi connectivity index (χ4n) is 12.4. The van der Waals surface area contributed by atoms with Gasteiger partial charge in [0.05, 0.1) is 35.1 Å². The van der Waals surface area contributed by atoms with Crippen LogP contribution in [0, 0.1) is 28.6 Å². The largest absolute Gasteiger partial charge is 0.411 e. The predicted octanol–water partition coefficient (Wildman–Crippen LogP) is 6.72. The third-order valence-corrected chi connectivity index (χ3v) is 20.3. The van der Waals surface area contributed by atoms with Gasteiger partial charge in [-0.3, -0.25) is 0 Å². The second-order valence-electron chi connectivity index (χ2n) is 18.9. The number of para-hydroxylation sites is 1. The Balaban J connectivity index is 1.21. The van der Waals surface area contributed by atoms with Gasteiger partial charge in [0.2, 0.25) is 0 Å². The Morgan fingerprint density at radius 2 is 1.68 bits per heavy atom. The Bertz CT molecular complexity index is 1840. The maximum atomic E-state index is 15.1.